The highest BCUT2D eigenvalue weighted by Crippen LogP contribution is 2.46. The second-order valence-corrected chi connectivity index (χ2v) is 11.5. The Morgan fingerprint density at radius 1 is 1.06 bits per heavy atom. The van der Waals surface area contributed by atoms with Gasteiger partial charge in [-0.15, -0.1) is 0 Å². The monoisotopic (exact) mass is 474 g/mol. The molecule has 0 bridgehead atoms. The third-order valence-electron chi connectivity index (χ3n) is 6.32. The van der Waals surface area contributed by atoms with E-state index in [1.807, 2.05) is 25.1 Å². The van der Waals surface area contributed by atoms with Crippen molar-refractivity contribution < 1.29 is 23.1 Å². The Morgan fingerprint density at radius 2 is 1.75 bits per heavy atom. The third kappa shape index (κ3) is 4.44. The van der Waals surface area contributed by atoms with Gasteiger partial charge in [-0.25, -0.2) is 13.2 Å². The zero-order valence-corrected chi connectivity index (χ0v) is 19.9. The molecule has 1 aliphatic heterocycles. The van der Waals surface area contributed by atoms with Crippen LogP contribution in [0.5, 0.6) is 0 Å². The topological polar surface area (TPSA) is 80.7 Å². The molecule has 0 unspecified atom stereocenters. The van der Waals surface area contributed by atoms with Gasteiger partial charge in [-0.3, -0.25) is 0 Å². The molecule has 1 saturated carbocycles. The van der Waals surface area contributed by atoms with E-state index in [1.165, 1.54) is 6.26 Å². The summed E-state index contributed by atoms with van der Waals surface area (Å²) in [5.41, 5.74) is 2.83. The highest BCUT2D eigenvalue weighted by molar-refractivity contribution is 7.89. The molecule has 0 saturated heterocycles. The summed E-state index contributed by atoms with van der Waals surface area (Å²) in [6.07, 6.45) is 6.42. The fraction of sp³-hybridized carbons (Fsp3) is 0.400. The molecule has 1 N–H and O–H groups in total. The Morgan fingerprint density at radius 3 is 2.41 bits per heavy atom. The maximum absolute atomic E-state index is 12.8. The van der Waals surface area contributed by atoms with E-state index in [2.05, 4.69) is 0 Å². The quantitative estimate of drug-likeness (QED) is 0.568. The number of aliphatic hydroxyl groups excluding tert-OH is 1. The number of hydrogen-bond acceptors (Lipinski definition) is 5. The lowest BCUT2D eigenvalue weighted by Crippen LogP contribution is -2.31. The second-order valence-electron chi connectivity index (χ2n) is 8.94. The van der Waals surface area contributed by atoms with Gasteiger partial charge in [0.1, 0.15) is 5.57 Å². The minimum atomic E-state index is -3.16. The van der Waals surface area contributed by atoms with Crippen molar-refractivity contribution in [2.75, 3.05) is 6.26 Å². The average molecular weight is 475 g/mol. The SMILES string of the molecule is Cc1cc(-c2cccc(CS(C)(=O)=O)c2)c(Cl)cc1C1=C(O)C2(CCCCCC2)OC1=O. The molecular formula is C25H27ClO5S. The van der Waals surface area contributed by atoms with Crippen molar-refractivity contribution in [3.05, 3.63) is 63.9 Å². The Labute approximate surface area is 194 Å². The van der Waals surface area contributed by atoms with Crippen molar-refractivity contribution in [1.82, 2.24) is 0 Å². The van der Waals surface area contributed by atoms with Gasteiger partial charge in [0.2, 0.25) is 0 Å². The number of aliphatic hydroxyl groups is 1. The van der Waals surface area contributed by atoms with Gasteiger partial charge in [-0.1, -0.05) is 48.7 Å². The predicted octanol–water partition coefficient (Wildman–Crippen LogP) is 5.78. The fourth-order valence-electron chi connectivity index (χ4n) is 4.78. The average Bonchev–Trinajstić information content (AvgIpc) is 2.86. The van der Waals surface area contributed by atoms with Crippen LogP contribution >= 0.6 is 11.6 Å². The summed E-state index contributed by atoms with van der Waals surface area (Å²) in [4.78, 5) is 12.8. The highest BCUT2D eigenvalue weighted by Gasteiger charge is 2.48. The van der Waals surface area contributed by atoms with Crippen molar-refractivity contribution in [3.63, 3.8) is 0 Å². The normalized spacial score (nSPS) is 18.7. The predicted molar refractivity (Wildman–Crippen MR) is 126 cm³/mol. The molecule has 1 spiro atoms. The van der Waals surface area contributed by atoms with Crippen molar-refractivity contribution in [2.24, 2.45) is 0 Å². The van der Waals surface area contributed by atoms with E-state index in [1.54, 1.807) is 18.2 Å². The fourth-order valence-corrected chi connectivity index (χ4v) is 5.84. The van der Waals surface area contributed by atoms with E-state index in [-0.39, 0.29) is 17.1 Å². The molecule has 2 aromatic rings. The molecule has 4 rings (SSSR count). The van der Waals surface area contributed by atoms with Crippen molar-refractivity contribution in [2.45, 2.75) is 56.8 Å². The van der Waals surface area contributed by atoms with Crippen LogP contribution in [-0.4, -0.2) is 31.4 Å². The number of carbonyl (C=O) groups is 1. The first-order valence-corrected chi connectivity index (χ1v) is 13.3. The molecule has 0 amide bonds. The summed E-state index contributed by atoms with van der Waals surface area (Å²) in [5.74, 6) is -0.539. The second kappa shape index (κ2) is 8.56. The van der Waals surface area contributed by atoms with Crippen LogP contribution in [0.4, 0.5) is 0 Å². The van der Waals surface area contributed by atoms with Gasteiger partial charge in [-0.2, -0.15) is 0 Å². The Balaban J connectivity index is 1.75. The zero-order valence-electron chi connectivity index (χ0n) is 18.3. The number of ether oxygens (including phenoxy) is 1. The van der Waals surface area contributed by atoms with Crippen LogP contribution in [0.3, 0.4) is 0 Å². The number of rotatable bonds is 4. The molecule has 170 valence electrons. The number of aryl methyl sites for hydroxylation is 1. The minimum Gasteiger partial charge on any atom is -0.507 e. The van der Waals surface area contributed by atoms with E-state index in [0.717, 1.165) is 42.4 Å². The summed E-state index contributed by atoms with van der Waals surface area (Å²) < 4.78 is 29.1. The molecule has 1 aliphatic carbocycles. The van der Waals surface area contributed by atoms with Crippen LogP contribution in [0, 0.1) is 6.92 Å². The molecule has 0 radical (unpaired) electrons. The lowest BCUT2D eigenvalue weighted by Gasteiger charge is -2.26. The Kier molecular flexibility index (Phi) is 6.12. The number of esters is 1. The van der Waals surface area contributed by atoms with Crippen LogP contribution in [0.2, 0.25) is 5.02 Å². The minimum absolute atomic E-state index is 0.0199. The smallest absolute Gasteiger partial charge is 0.343 e. The van der Waals surface area contributed by atoms with Gasteiger partial charge < -0.3 is 9.84 Å². The molecular weight excluding hydrogens is 448 g/mol. The van der Waals surface area contributed by atoms with Crippen LogP contribution in [0.1, 0.15) is 55.2 Å². The molecule has 32 heavy (non-hydrogen) atoms. The van der Waals surface area contributed by atoms with Crippen molar-refractivity contribution in [3.8, 4) is 11.1 Å². The molecule has 1 heterocycles. The van der Waals surface area contributed by atoms with Crippen molar-refractivity contribution >= 4 is 33.0 Å². The number of carbonyl (C=O) groups excluding carboxylic acids is 1. The maximum Gasteiger partial charge on any atom is 0.343 e. The summed E-state index contributed by atoms with van der Waals surface area (Å²) in [7, 11) is -3.16. The van der Waals surface area contributed by atoms with E-state index < -0.39 is 21.4 Å². The lowest BCUT2D eigenvalue weighted by molar-refractivity contribution is -0.147. The maximum atomic E-state index is 12.8. The van der Waals surface area contributed by atoms with Crippen LogP contribution in [0.15, 0.2) is 42.2 Å². The third-order valence-corrected chi connectivity index (χ3v) is 7.49. The molecule has 0 atom stereocenters. The molecule has 2 aliphatic rings. The molecule has 2 aromatic carbocycles. The van der Waals surface area contributed by atoms with E-state index in [4.69, 9.17) is 16.3 Å². The first kappa shape index (κ1) is 22.9. The first-order valence-electron chi connectivity index (χ1n) is 10.8. The van der Waals surface area contributed by atoms with E-state index >= 15 is 0 Å². The summed E-state index contributed by atoms with van der Waals surface area (Å²) in [5, 5.41) is 11.5. The zero-order chi connectivity index (χ0) is 23.1. The summed E-state index contributed by atoms with van der Waals surface area (Å²) >= 11 is 6.62. The van der Waals surface area contributed by atoms with E-state index in [9.17, 15) is 18.3 Å². The van der Waals surface area contributed by atoms with Gasteiger partial charge in [0.15, 0.2) is 21.2 Å². The van der Waals surface area contributed by atoms with E-state index in [0.29, 0.717) is 29.0 Å². The largest absolute Gasteiger partial charge is 0.507 e. The van der Waals surface area contributed by atoms with Gasteiger partial charge >= 0.3 is 5.97 Å². The molecule has 5 nitrogen and oxygen atoms in total. The van der Waals surface area contributed by atoms with Crippen molar-refractivity contribution in [1.29, 1.82) is 0 Å². The van der Waals surface area contributed by atoms with Crippen LogP contribution < -0.4 is 0 Å². The lowest BCUT2D eigenvalue weighted by atomic mass is 9.88. The summed E-state index contributed by atoms with van der Waals surface area (Å²) in [6, 6.07) is 10.8. The number of halogens is 1. The van der Waals surface area contributed by atoms with Gasteiger partial charge in [0.05, 0.1) is 5.75 Å². The molecule has 7 heteroatoms. The number of sulfone groups is 1. The molecule has 1 fully saturated rings. The van der Waals surface area contributed by atoms with Crippen LogP contribution in [-0.2, 0) is 25.1 Å². The number of benzene rings is 2. The summed E-state index contributed by atoms with van der Waals surface area (Å²) in [6.45, 7) is 1.86. The number of hydrogen-bond donors (Lipinski definition) is 1. The Bertz CT molecular complexity index is 1200. The van der Waals surface area contributed by atoms with Crippen LogP contribution in [0.25, 0.3) is 16.7 Å². The van der Waals surface area contributed by atoms with Gasteiger partial charge in [0, 0.05) is 16.8 Å². The standard InChI is InChI=1S/C25H27ClO5S/c1-16-12-20(18-9-7-8-17(13-18)15-32(2,29)30)21(26)14-19(16)22-23(27)25(31-24(22)28)10-5-3-4-6-11-25/h7-9,12-14,27H,3-6,10-11,15H2,1-2H3. The highest BCUT2D eigenvalue weighted by atomic mass is 35.5. The van der Waals surface area contributed by atoms with Gasteiger partial charge in [-0.05, 0) is 67.0 Å². The van der Waals surface area contributed by atoms with Gasteiger partial charge in [0.25, 0.3) is 0 Å². The first-order chi connectivity index (χ1) is 15.1. The Hall–Kier alpha value is -2.31. The molecule has 0 aromatic heterocycles.